The van der Waals surface area contributed by atoms with Crippen molar-refractivity contribution in [3.63, 3.8) is 0 Å². The normalized spacial score (nSPS) is 18.1. The molecular weight excluding hydrogens is 506 g/mol. The molecule has 2 aliphatic heterocycles. The first-order chi connectivity index (χ1) is 18.4. The Balaban J connectivity index is 1.20. The fourth-order valence-electron chi connectivity index (χ4n) is 5.07. The molecule has 1 aromatic carbocycles. The zero-order valence-corrected chi connectivity index (χ0v) is 22.3. The lowest BCUT2D eigenvalue weighted by molar-refractivity contribution is -0.141. The lowest BCUT2D eigenvalue weighted by atomic mass is 9.96. The lowest BCUT2D eigenvalue weighted by Crippen LogP contribution is -2.51. The Kier molecular flexibility index (Phi) is 9.95. The molecule has 0 spiro atoms. The summed E-state index contributed by atoms with van der Waals surface area (Å²) in [6.07, 6.45) is 5.70. The van der Waals surface area contributed by atoms with E-state index in [1.54, 1.807) is 24.3 Å². The predicted octanol–water partition coefficient (Wildman–Crippen LogP) is 2.67. The van der Waals surface area contributed by atoms with Crippen LogP contribution in [0, 0.1) is 5.92 Å². The molecule has 0 radical (unpaired) electrons. The van der Waals surface area contributed by atoms with Crippen LogP contribution in [0.3, 0.4) is 0 Å². The van der Waals surface area contributed by atoms with Crippen molar-refractivity contribution in [2.75, 3.05) is 38.0 Å². The lowest BCUT2D eigenvalue weighted by Gasteiger charge is -2.32. The van der Waals surface area contributed by atoms with Gasteiger partial charge in [0.15, 0.2) is 0 Å². The summed E-state index contributed by atoms with van der Waals surface area (Å²) in [5.74, 6) is -1.03. The van der Waals surface area contributed by atoms with Gasteiger partial charge < -0.3 is 26.0 Å². The molecule has 1 saturated heterocycles. The molecule has 0 unspecified atom stereocenters. The van der Waals surface area contributed by atoms with E-state index in [1.807, 2.05) is 0 Å². The first-order valence-electron chi connectivity index (χ1n) is 13.4. The Labute approximate surface area is 228 Å². The Hall–Kier alpha value is -3.17. The molecule has 4 N–H and O–H groups in total. The summed E-state index contributed by atoms with van der Waals surface area (Å²) in [5.41, 5.74) is 2.98. The standard InChI is InChI=1S/C28H36ClN5O4/c29-23-10-2-1-6-20(23)16-25(35)33-24(28(37)38)17-31-27(36)21-8-4-14-34(18-21)15-5-9-22-12-11-19-7-3-13-30-26(19)32-22/h1-2,6,10-12,21,24H,3-5,7-9,13-18H2,(H,30,32)(H,31,36)(H,33,35)(H,37,38)/t21-,24+/m1/s1. The van der Waals surface area contributed by atoms with Gasteiger partial charge in [0, 0.05) is 30.4 Å². The fraction of sp³-hybridized carbons (Fsp3) is 0.500. The molecule has 2 amide bonds. The number of carbonyl (C=O) groups excluding carboxylic acids is 2. The average Bonchev–Trinajstić information content (AvgIpc) is 2.92. The second-order valence-electron chi connectivity index (χ2n) is 10.1. The number of fused-ring (bicyclic) bond motifs is 1. The summed E-state index contributed by atoms with van der Waals surface area (Å²) < 4.78 is 0. The number of amides is 2. The zero-order chi connectivity index (χ0) is 26.9. The molecule has 0 saturated carbocycles. The number of rotatable bonds is 11. The van der Waals surface area contributed by atoms with Gasteiger partial charge in [0.05, 0.1) is 12.3 Å². The summed E-state index contributed by atoms with van der Waals surface area (Å²) >= 11 is 6.09. The van der Waals surface area contributed by atoms with Crippen molar-refractivity contribution < 1.29 is 19.5 Å². The highest BCUT2D eigenvalue weighted by atomic mass is 35.5. The van der Waals surface area contributed by atoms with Gasteiger partial charge >= 0.3 is 5.97 Å². The monoisotopic (exact) mass is 541 g/mol. The minimum atomic E-state index is -1.22. The van der Waals surface area contributed by atoms with Gasteiger partial charge in [-0.2, -0.15) is 0 Å². The van der Waals surface area contributed by atoms with E-state index < -0.39 is 17.9 Å². The second-order valence-corrected chi connectivity index (χ2v) is 10.5. The van der Waals surface area contributed by atoms with E-state index in [1.165, 1.54) is 5.56 Å². The van der Waals surface area contributed by atoms with E-state index >= 15 is 0 Å². The van der Waals surface area contributed by atoms with E-state index in [0.717, 1.165) is 69.7 Å². The molecule has 0 bridgehead atoms. The fourth-order valence-corrected chi connectivity index (χ4v) is 5.27. The number of aliphatic carboxylic acids is 1. The number of carbonyl (C=O) groups is 3. The van der Waals surface area contributed by atoms with Gasteiger partial charge in [-0.05, 0) is 74.9 Å². The van der Waals surface area contributed by atoms with Crippen LogP contribution in [-0.4, -0.2) is 71.5 Å². The number of carboxylic acid groups (broad SMARTS) is 1. The molecule has 1 aromatic heterocycles. The van der Waals surface area contributed by atoms with Crippen LogP contribution in [0.15, 0.2) is 36.4 Å². The number of aryl methyl sites for hydroxylation is 2. The van der Waals surface area contributed by atoms with Gasteiger partial charge in [-0.3, -0.25) is 9.59 Å². The minimum Gasteiger partial charge on any atom is -0.480 e. The van der Waals surface area contributed by atoms with Crippen molar-refractivity contribution in [2.24, 2.45) is 5.92 Å². The van der Waals surface area contributed by atoms with Crippen LogP contribution < -0.4 is 16.0 Å². The summed E-state index contributed by atoms with van der Waals surface area (Å²) in [6, 6.07) is 9.99. The number of benzene rings is 1. The van der Waals surface area contributed by atoms with Gasteiger partial charge in [-0.1, -0.05) is 35.9 Å². The second kappa shape index (κ2) is 13.6. The number of nitrogens with zero attached hydrogens (tertiary/aromatic N) is 2. The first kappa shape index (κ1) is 27.9. The number of hydrogen-bond acceptors (Lipinski definition) is 6. The highest BCUT2D eigenvalue weighted by molar-refractivity contribution is 6.31. The van der Waals surface area contributed by atoms with Crippen molar-refractivity contribution in [1.29, 1.82) is 0 Å². The van der Waals surface area contributed by atoms with Crippen LogP contribution in [0.2, 0.25) is 5.02 Å². The molecular formula is C28H36ClN5O4. The van der Waals surface area contributed by atoms with E-state index in [9.17, 15) is 19.5 Å². The third kappa shape index (κ3) is 7.91. The quantitative estimate of drug-likeness (QED) is 0.345. The van der Waals surface area contributed by atoms with Crippen LogP contribution in [0.25, 0.3) is 0 Å². The maximum Gasteiger partial charge on any atom is 0.328 e. The first-order valence-corrected chi connectivity index (χ1v) is 13.7. The molecule has 2 aromatic rings. The number of aromatic nitrogens is 1. The molecule has 1 fully saturated rings. The number of carboxylic acids is 1. The topological polar surface area (TPSA) is 124 Å². The number of likely N-dealkylation sites (tertiary alicyclic amines) is 1. The minimum absolute atomic E-state index is 0.0352. The Morgan fingerprint density at radius 1 is 1.18 bits per heavy atom. The van der Waals surface area contributed by atoms with Gasteiger partial charge in [-0.25, -0.2) is 9.78 Å². The summed E-state index contributed by atoms with van der Waals surface area (Å²) in [6.45, 7) is 3.27. The number of pyridine rings is 1. The molecule has 3 heterocycles. The summed E-state index contributed by atoms with van der Waals surface area (Å²) in [4.78, 5) is 44.0. The largest absolute Gasteiger partial charge is 0.480 e. The molecule has 2 aliphatic rings. The van der Waals surface area contributed by atoms with Crippen LogP contribution in [0.1, 0.15) is 42.5 Å². The number of anilines is 1. The van der Waals surface area contributed by atoms with Crippen molar-refractivity contribution in [2.45, 2.75) is 51.0 Å². The van der Waals surface area contributed by atoms with Crippen molar-refractivity contribution in [3.05, 3.63) is 58.2 Å². The highest BCUT2D eigenvalue weighted by Crippen LogP contribution is 2.21. The molecule has 38 heavy (non-hydrogen) atoms. The number of nitrogens with one attached hydrogen (secondary N) is 3. The maximum atomic E-state index is 12.8. The van der Waals surface area contributed by atoms with Crippen LogP contribution in [-0.2, 0) is 33.6 Å². The molecule has 0 aliphatic carbocycles. The smallest absolute Gasteiger partial charge is 0.328 e. The Morgan fingerprint density at radius 3 is 2.84 bits per heavy atom. The average molecular weight is 542 g/mol. The molecule has 2 atom stereocenters. The number of piperidine rings is 1. The predicted molar refractivity (Wildman–Crippen MR) is 146 cm³/mol. The number of halogens is 1. The van der Waals surface area contributed by atoms with Crippen molar-refractivity contribution >= 4 is 35.2 Å². The van der Waals surface area contributed by atoms with Gasteiger partial charge in [0.2, 0.25) is 11.8 Å². The van der Waals surface area contributed by atoms with Gasteiger partial charge in [0.1, 0.15) is 11.9 Å². The Morgan fingerprint density at radius 2 is 2.03 bits per heavy atom. The third-order valence-corrected chi connectivity index (χ3v) is 7.53. The molecule has 204 valence electrons. The van der Waals surface area contributed by atoms with E-state index in [2.05, 4.69) is 33.0 Å². The third-order valence-electron chi connectivity index (χ3n) is 7.16. The van der Waals surface area contributed by atoms with Gasteiger partial charge in [-0.15, -0.1) is 0 Å². The van der Waals surface area contributed by atoms with E-state index in [4.69, 9.17) is 16.6 Å². The summed E-state index contributed by atoms with van der Waals surface area (Å²) in [5, 5.41) is 18.6. The van der Waals surface area contributed by atoms with Crippen LogP contribution >= 0.6 is 11.6 Å². The van der Waals surface area contributed by atoms with Crippen molar-refractivity contribution in [3.8, 4) is 0 Å². The van der Waals surface area contributed by atoms with Crippen molar-refractivity contribution in [1.82, 2.24) is 20.5 Å². The van der Waals surface area contributed by atoms with E-state index in [-0.39, 0.29) is 24.8 Å². The highest BCUT2D eigenvalue weighted by Gasteiger charge is 2.27. The van der Waals surface area contributed by atoms with E-state index in [0.29, 0.717) is 17.1 Å². The maximum absolute atomic E-state index is 12.8. The van der Waals surface area contributed by atoms with Crippen LogP contribution in [0.5, 0.6) is 0 Å². The van der Waals surface area contributed by atoms with Crippen LogP contribution in [0.4, 0.5) is 5.82 Å². The summed E-state index contributed by atoms with van der Waals surface area (Å²) in [7, 11) is 0. The Bertz CT molecular complexity index is 1140. The molecule has 10 heteroatoms. The SMILES string of the molecule is O=C(Cc1ccccc1Cl)N[C@@H](CNC(=O)[C@@H]1CCCN(CCCc2ccc3c(n2)NCCC3)C1)C(=O)O. The van der Waals surface area contributed by atoms with Gasteiger partial charge in [0.25, 0.3) is 0 Å². The molecule has 9 nitrogen and oxygen atoms in total. The zero-order valence-electron chi connectivity index (χ0n) is 21.5. The molecule has 4 rings (SSSR count). The number of hydrogen-bond donors (Lipinski definition) is 4.